The molecule has 1 fully saturated rings. The summed E-state index contributed by atoms with van der Waals surface area (Å²) in [6.07, 6.45) is -0.711. The highest BCUT2D eigenvalue weighted by molar-refractivity contribution is 9.10. The highest BCUT2D eigenvalue weighted by atomic mass is 79.9. The molecule has 2 atom stereocenters. The molecule has 1 heterocycles. The molecule has 108 valence electrons. The number of hydrogen-bond acceptors (Lipinski definition) is 4. The summed E-state index contributed by atoms with van der Waals surface area (Å²) in [5, 5.41) is 9.08. The van der Waals surface area contributed by atoms with Crippen molar-refractivity contribution < 1.29 is 19.4 Å². The van der Waals surface area contributed by atoms with Crippen LogP contribution >= 0.6 is 27.7 Å². The molecule has 1 saturated heterocycles. The number of amides is 1. The Morgan fingerprint density at radius 1 is 1.45 bits per heavy atom. The van der Waals surface area contributed by atoms with Crippen molar-refractivity contribution in [1.29, 1.82) is 0 Å². The smallest absolute Gasteiger partial charge is 0.327 e. The average molecular weight is 360 g/mol. The predicted molar refractivity (Wildman–Crippen MR) is 79.8 cm³/mol. The van der Waals surface area contributed by atoms with Crippen LogP contribution in [0.15, 0.2) is 28.7 Å². The third kappa shape index (κ3) is 3.46. The van der Waals surface area contributed by atoms with Crippen LogP contribution in [0.3, 0.4) is 0 Å². The molecule has 0 aromatic heterocycles. The number of rotatable bonds is 4. The van der Waals surface area contributed by atoms with Crippen molar-refractivity contribution in [2.75, 3.05) is 11.6 Å². The van der Waals surface area contributed by atoms with Gasteiger partial charge < -0.3 is 14.7 Å². The number of hydrogen-bond donors (Lipinski definition) is 1. The lowest BCUT2D eigenvalue weighted by atomic mass is 10.2. The Hall–Kier alpha value is -1.21. The Morgan fingerprint density at radius 3 is 2.70 bits per heavy atom. The van der Waals surface area contributed by atoms with Gasteiger partial charge in [-0.3, -0.25) is 4.79 Å². The van der Waals surface area contributed by atoms with E-state index in [0.29, 0.717) is 17.4 Å². The van der Waals surface area contributed by atoms with Crippen LogP contribution < -0.4 is 4.74 Å². The van der Waals surface area contributed by atoms with Crippen molar-refractivity contribution in [2.24, 2.45) is 0 Å². The number of nitrogens with zero attached hydrogens (tertiary/aromatic N) is 1. The maximum Gasteiger partial charge on any atom is 0.327 e. The van der Waals surface area contributed by atoms with Gasteiger partial charge >= 0.3 is 5.97 Å². The van der Waals surface area contributed by atoms with Gasteiger partial charge in [-0.05, 0) is 31.2 Å². The quantitative estimate of drug-likeness (QED) is 0.892. The van der Waals surface area contributed by atoms with Gasteiger partial charge in [0.2, 0.25) is 0 Å². The van der Waals surface area contributed by atoms with E-state index in [1.54, 1.807) is 19.1 Å². The van der Waals surface area contributed by atoms with Gasteiger partial charge in [-0.1, -0.05) is 15.9 Å². The van der Waals surface area contributed by atoms with Crippen LogP contribution in [0.25, 0.3) is 0 Å². The third-order valence-corrected chi connectivity index (χ3v) is 4.47. The normalized spacial score (nSPS) is 19.7. The number of aliphatic carboxylic acids is 1. The summed E-state index contributed by atoms with van der Waals surface area (Å²) < 4.78 is 6.48. The monoisotopic (exact) mass is 359 g/mol. The van der Waals surface area contributed by atoms with E-state index in [-0.39, 0.29) is 5.91 Å². The zero-order valence-electron chi connectivity index (χ0n) is 10.8. The molecule has 1 N–H and O–H groups in total. The van der Waals surface area contributed by atoms with Gasteiger partial charge in [0.1, 0.15) is 11.8 Å². The highest BCUT2D eigenvalue weighted by Gasteiger charge is 2.37. The van der Waals surface area contributed by atoms with Crippen LogP contribution in [0.5, 0.6) is 5.75 Å². The van der Waals surface area contributed by atoms with E-state index >= 15 is 0 Å². The summed E-state index contributed by atoms with van der Waals surface area (Å²) in [5.41, 5.74) is 0. The molecule has 1 aromatic rings. The standard InChI is InChI=1S/C13H14BrNO4S/c1-8(19-10-4-2-9(14)3-5-10)12(16)15-7-20-6-11(15)13(17)18/h2-5,8,11H,6-7H2,1H3,(H,17,18)/t8?,11-/m0/s1. The third-order valence-electron chi connectivity index (χ3n) is 2.92. The van der Waals surface area contributed by atoms with Gasteiger partial charge in [0, 0.05) is 10.2 Å². The van der Waals surface area contributed by atoms with Crippen molar-refractivity contribution in [1.82, 2.24) is 4.90 Å². The minimum Gasteiger partial charge on any atom is -0.481 e. The molecule has 0 aliphatic carbocycles. The fourth-order valence-electron chi connectivity index (χ4n) is 1.87. The number of thioether (sulfide) groups is 1. The van der Waals surface area contributed by atoms with Crippen molar-refractivity contribution in [3.05, 3.63) is 28.7 Å². The molecule has 0 saturated carbocycles. The van der Waals surface area contributed by atoms with E-state index in [1.165, 1.54) is 16.7 Å². The fraction of sp³-hybridized carbons (Fsp3) is 0.385. The minimum atomic E-state index is -0.973. The maximum atomic E-state index is 12.2. The first-order valence-corrected chi connectivity index (χ1v) is 7.97. The molecule has 0 bridgehead atoms. The second-order valence-corrected chi connectivity index (χ2v) is 6.29. The molecule has 1 amide bonds. The molecule has 5 nitrogen and oxygen atoms in total. The first-order valence-electron chi connectivity index (χ1n) is 6.02. The topological polar surface area (TPSA) is 66.8 Å². The van der Waals surface area contributed by atoms with E-state index in [1.807, 2.05) is 12.1 Å². The van der Waals surface area contributed by atoms with E-state index in [9.17, 15) is 9.59 Å². The molecule has 0 spiro atoms. The summed E-state index contributed by atoms with van der Waals surface area (Å²) in [5.74, 6) is 0.118. The van der Waals surface area contributed by atoms with Gasteiger partial charge in [-0.25, -0.2) is 4.79 Å². The number of ether oxygens (including phenoxy) is 1. The first kappa shape index (κ1) is 15.2. The van der Waals surface area contributed by atoms with Crippen LogP contribution in [0.1, 0.15) is 6.92 Å². The minimum absolute atomic E-state index is 0.301. The van der Waals surface area contributed by atoms with Gasteiger partial charge in [0.15, 0.2) is 6.10 Å². The number of carbonyl (C=O) groups excluding carboxylic acids is 1. The molecular formula is C13H14BrNO4S. The lowest BCUT2D eigenvalue weighted by Crippen LogP contribution is -2.47. The Bertz CT molecular complexity index is 508. The van der Waals surface area contributed by atoms with Crippen molar-refractivity contribution >= 4 is 39.6 Å². The SMILES string of the molecule is CC(Oc1ccc(Br)cc1)C(=O)N1CSC[C@H]1C(=O)O. The molecule has 1 aromatic carbocycles. The lowest BCUT2D eigenvalue weighted by molar-refractivity contribution is -0.150. The molecular weight excluding hydrogens is 346 g/mol. The molecule has 1 aliphatic heterocycles. The maximum absolute atomic E-state index is 12.2. The summed E-state index contributed by atoms with van der Waals surface area (Å²) in [6.45, 7) is 1.63. The van der Waals surface area contributed by atoms with Crippen molar-refractivity contribution in [3.8, 4) is 5.75 Å². The Labute approximate surface area is 129 Å². The largest absolute Gasteiger partial charge is 0.481 e. The summed E-state index contributed by atoms with van der Waals surface area (Å²) in [6, 6.07) is 6.38. The molecule has 0 radical (unpaired) electrons. The number of carboxylic acids is 1. The molecule has 20 heavy (non-hydrogen) atoms. The zero-order chi connectivity index (χ0) is 14.7. The first-order chi connectivity index (χ1) is 9.49. The fourth-order valence-corrected chi connectivity index (χ4v) is 3.29. The van der Waals surface area contributed by atoms with Crippen LogP contribution in [0.4, 0.5) is 0 Å². The van der Waals surface area contributed by atoms with E-state index in [2.05, 4.69) is 15.9 Å². The number of carboxylic acid groups (broad SMARTS) is 1. The van der Waals surface area contributed by atoms with Crippen molar-refractivity contribution in [2.45, 2.75) is 19.1 Å². The summed E-state index contributed by atoms with van der Waals surface area (Å²) in [4.78, 5) is 24.7. The molecule has 1 aliphatic rings. The summed E-state index contributed by atoms with van der Waals surface area (Å²) >= 11 is 4.75. The van der Waals surface area contributed by atoms with Gasteiger partial charge in [0.05, 0.1) is 5.88 Å². The zero-order valence-corrected chi connectivity index (χ0v) is 13.2. The Kier molecular flexibility index (Phi) is 4.93. The highest BCUT2D eigenvalue weighted by Crippen LogP contribution is 2.23. The number of halogens is 1. The van der Waals surface area contributed by atoms with Gasteiger partial charge in [-0.15, -0.1) is 11.8 Å². The van der Waals surface area contributed by atoms with Crippen LogP contribution in [0, 0.1) is 0 Å². The number of carbonyl (C=O) groups is 2. The van der Waals surface area contributed by atoms with Crippen molar-refractivity contribution in [3.63, 3.8) is 0 Å². The lowest BCUT2D eigenvalue weighted by Gasteiger charge is -2.24. The van der Waals surface area contributed by atoms with Crippen LogP contribution in [0.2, 0.25) is 0 Å². The average Bonchev–Trinajstić information content (AvgIpc) is 2.90. The Balaban J connectivity index is 2.01. The van der Waals surface area contributed by atoms with Crippen LogP contribution in [-0.4, -0.2) is 45.7 Å². The van der Waals surface area contributed by atoms with E-state index in [0.717, 1.165) is 4.47 Å². The van der Waals surface area contributed by atoms with E-state index in [4.69, 9.17) is 9.84 Å². The number of benzene rings is 1. The van der Waals surface area contributed by atoms with Crippen LogP contribution in [-0.2, 0) is 9.59 Å². The Morgan fingerprint density at radius 2 is 2.10 bits per heavy atom. The molecule has 7 heteroatoms. The molecule has 1 unspecified atom stereocenters. The predicted octanol–water partition coefficient (Wildman–Crippen LogP) is 2.20. The molecule has 2 rings (SSSR count). The van der Waals surface area contributed by atoms with Gasteiger partial charge in [-0.2, -0.15) is 0 Å². The summed E-state index contributed by atoms with van der Waals surface area (Å²) in [7, 11) is 0. The second-order valence-electron chi connectivity index (χ2n) is 4.38. The van der Waals surface area contributed by atoms with Gasteiger partial charge in [0.25, 0.3) is 5.91 Å². The van der Waals surface area contributed by atoms with E-state index < -0.39 is 18.1 Å². The second kappa shape index (κ2) is 6.49.